The largest absolute Gasteiger partial charge is 0.467 e. The number of halogens is 1. The number of benzene rings is 1. The molecule has 2 heterocycles. The van der Waals surface area contributed by atoms with Gasteiger partial charge in [-0.25, -0.2) is 4.39 Å². The van der Waals surface area contributed by atoms with Gasteiger partial charge in [-0.15, -0.1) is 0 Å². The molecule has 0 amide bonds. The second kappa shape index (κ2) is 5.91. The Bertz CT molecular complexity index is 518. The summed E-state index contributed by atoms with van der Waals surface area (Å²) in [7, 11) is 1.53. The van der Waals surface area contributed by atoms with Crippen molar-refractivity contribution in [2.24, 2.45) is 0 Å². The molecule has 1 N–H and O–H groups in total. The molecule has 0 radical (unpaired) electrons. The summed E-state index contributed by atoms with van der Waals surface area (Å²) < 4.78 is 29.7. The number of nitrogens with one attached hydrogen (secondary N) is 1. The SMILES string of the molecule is COCOc1ccc(C2=CC3COCC(C2)N3)c(F)c1. The standard InChI is InChI=1S/C15H18FNO3/c1-18-9-20-13-2-3-14(15(16)6-13)10-4-11-7-19-8-12(5-10)17-11/h2-4,6,11-12,17H,5,7-9H2,1H3. The zero-order valence-electron chi connectivity index (χ0n) is 11.4. The lowest BCUT2D eigenvalue weighted by Crippen LogP contribution is -2.50. The summed E-state index contributed by atoms with van der Waals surface area (Å²) in [4.78, 5) is 0. The monoisotopic (exact) mass is 279 g/mol. The molecule has 108 valence electrons. The van der Waals surface area contributed by atoms with Crippen LogP contribution in [0.2, 0.25) is 0 Å². The first kappa shape index (κ1) is 13.5. The number of rotatable bonds is 4. The van der Waals surface area contributed by atoms with Gasteiger partial charge in [-0.2, -0.15) is 0 Å². The summed E-state index contributed by atoms with van der Waals surface area (Å²) in [6.45, 7) is 1.45. The van der Waals surface area contributed by atoms with Gasteiger partial charge in [0.05, 0.1) is 13.2 Å². The number of ether oxygens (including phenoxy) is 3. The highest BCUT2D eigenvalue weighted by atomic mass is 19.1. The summed E-state index contributed by atoms with van der Waals surface area (Å²) in [6, 6.07) is 5.41. The van der Waals surface area contributed by atoms with Crippen molar-refractivity contribution in [1.82, 2.24) is 5.32 Å². The van der Waals surface area contributed by atoms with E-state index in [2.05, 4.69) is 11.4 Å². The summed E-state index contributed by atoms with van der Waals surface area (Å²) in [5.41, 5.74) is 1.69. The van der Waals surface area contributed by atoms with E-state index < -0.39 is 0 Å². The number of methoxy groups -OCH3 is 1. The first-order valence-corrected chi connectivity index (χ1v) is 6.72. The fourth-order valence-electron chi connectivity index (χ4n) is 2.70. The third kappa shape index (κ3) is 2.85. The molecule has 2 aliphatic heterocycles. The van der Waals surface area contributed by atoms with Gasteiger partial charge in [0.15, 0.2) is 6.79 Å². The van der Waals surface area contributed by atoms with Crippen LogP contribution in [0.5, 0.6) is 5.75 Å². The van der Waals surface area contributed by atoms with E-state index in [0.29, 0.717) is 24.5 Å². The van der Waals surface area contributed by atoms with Gasteiger partial charge in [0.1, 0.15) is 11.6 Å². The topological polar surface area (TPSA) is 39.7 Å². The third-order valence-electron chi connectivity index (χ3n) is 3.56. The molecule has 0 spiro atoms. The lowest BCUT2D eigenvalue weighted by molar-refractivity contribution is 0.0509. The van der Waals surface area contributed by atoms with Crippen molar-refractivity contribution < 1.29 is 18.6 Å². The van der Waals surface area contributed by atoms with Crippen molar-refractivity contribution in [2.45, 2.75) is 18.5 Å². The van der Waals surface area contributed by atoms with Crippen molar-refractivity contribution in [3.05, 3.63) is 35.7 Å². The van der Waals surface area contributed by atoms with E-state index in [1.165, 1.54) is 13.2 Å². The maximum absolute atomic E-state index is 14.2. The zero-order valence-corrected chi connectivity index (χ0v) is 11.4. The van der Waals surface area contributed by atoms with E-state index in [1.54, 1.807) is 12.1 Å². The second-order valence-electron chi connectivity index (χ2n) is 5.10. The van der Waals surface area contributed by atoms with Crippen LogP contribution in [0, 0.1) is 5.82 Å². The molecule has 0 aromatic heterocycles. The molecule has 2 atom stereocenters. The molecule has 0 saturated carbocycles. The first-order valence-electron chi connectivity index (χ1n) is 6.72. The van der Waals surface area contributed by atoms with Gasteiger partial charge < -0.3 is 19.5 Å². The van der Waals surface area contributed by atoms with Crippen LogP contribution in [-0.4, -0.2) is 39.2 Å². The summed E-state index contributed by atoms with van der Waals surface area (Å²) >= 11 is 0. The van der Waals surface area contributed by atoms with Gasteiger partial charge in [-0.3, -0.25) is 0 Å². The van der Waals surface area contributed by atoms with Crippen molar-refractivity contribution in [1.29, 1.82) is 0 Å². The summed E-state index contributed by atoms with van der Waals surface area (Å²) in [5, 5.41) is 3.45. The molecular weight excluding hydrogens is 261 g/mol. The molecule has 1 aromatic carbocycles. The van der Waals surface area contributed by atoms with Crippen molar-refractivity contribution in [3.8, 4) is 5.75 Å². The molecule has 1 aromatic rings. The highest BCUT2D eigenvalue weighted by Crippen LogP contribution is 2.30. The van der Waals surface area contributed by atoms with Gasteiger partial charge in [0.2, 0.25) is 0 Å². The van der Waals surface area contributed by atoms with Crippen LogP contribution in [0.25, 0.3) is 5.57 Å². The highest BCUT2D eigenvalue weighted by Gasteiger charge is 2.27. The van der Waals surface area contributed by atoms with Crippen molar-refractivity contribution in [3.63, 3.8) is 0 Å². The van der Waals surface area contributed by atoms with Crippen molar-refractivity contribution in [2.75, 3.05) is 27.1 Å². The average molecular weight is 279 g/mol. The van der Waals surface area contributed by atoms with E-state index in [-0.39, 0.29) is 24.7 Å². The van der Waals surface area contributed by atoms with E-state index in [0.717, 1.165) is 12.0 Å². The molecule has 1 saturated heterocycles. The number of fused-ring (bicyclic) bond motifs is 2. The molecule has 4 nitrogen and oxygen atoms in total. The first-order chi connectivity index (χ1) is 9.76. The van der Waals surface area contributed by atoms with Gasteiger partial charge in [-0.05, 0) is 24.1 Å². The molecule has 5 heteroatoms. The molecule has 2 aliphatic rings. The molecule has 2 bridgehead atoms. The van der Waals surface area contributed by atoms with Crippen LogP contribution in [0.3, 0.4) is 0 Å². The zero-order chi connectivity index (χ0) is 13.9. The fraction of sp³-hybridized carbons (Fsp3) is 0.467. The second-order valence-corrected chi connectivity index (χ2v) is 5.10. The molecule has 20 heavy (non-hydrogen) atoms. The summed E-state index contributed by atoms with van der Waals surface area (Å²) in [5.74, 6) is 0.219. The Labute approximate surface area is 117 Å². The molecule has 1 fully saturated rings. The van der Waals surface area contributed by atoms with E-state index >= 15 is 0 Å². The number of morpholine rings is 1. The maximum Gasteiger partial charge on any atom is 0.188 e. The fourth-order valence-corrected chi connectivity index (χ4v) is 2.70. The van der Waals surface area contributed by atoms with Gasteiger partial charge in [0.25, 0.3) is 0 Å². The lowest BCUT2D eigenvalue weighted by atomic mass is 9.91. The normalized spacial score (nSPS) is 25.2. The molecule has 3 rings (SSSR count). The average Bonchev–Trinajstić information content (AvgIpc) is 2.44. The van der Waals surface area contributed by atoms with Crippen LogP contribution < -0.4 is 10.1 Å². The Hall–Kier alpha value is -1.43. The van der Waals surface area contributed by atoms with Crippen LogP contribution in [0.4, 0.5) is 4.39 Å². The summed E-state index contributed by atoms with van der Waals surface area (Å²) in [6.07, 6.45) is 2.84. The van der Waals surface area contributed by atoms with E-state index in [4.69, 9.17) is 14.2 Å². The van der Waals surface area contributed by atoms with Gasteiger partial charge in [-0.1, -0.05) is 6.08 Å². The Morgan fingerprint density at radius 1 is 1.40 bits per heavy atom. The van der Waals surface area contributed by atoms with Crippen molar-refractivity contribution >= 4 is 5.57 Å². The number of hydrogen-bond acceptors (Lipinski definition) is 4. The quantitative estimate of drug-likeness (QED) is 0.855. The Morgan fingerprint density at radius 3 is 3.05 bits per heavy atom. The predicted octanol–water partition coefficient (Wildman–Crippen LogP) is 1.95. The minimum Gasteiger partial charge on any atom is -0.467 e. The minimum atomic E-state index is -0.259. The predicted molar refractivity (Wildman–Crippen MR) is 73.0 cm³/mol. The van der Waals surface area contributed by atoms with Gasteiger partial charge >= 0.3 is 0 Å². The Balaban J connectivity index is 1.81. The number of hydrogen-bond donors (Lipinski definition) is 1. The third-order valence-corrected chi connectivity index (χ3v) is 3.56. The van der Waals surface area contributed by atoms with Crippen LogP contribution >= 0.6 is 0 Å². The Kier molecular flexibility index (Phi) is 4.00. The minimum absolute atomic E-state index is 0.118. The van der Waals surface area contributed by atoms with Crippen LogP contribution in [0.1, 0.15) is 12.0 Å². The molecule has 2 unspecified atom stereocenters. The smallest absolute Gasteiger partial charge is 0.188 e. The molecule has 0 aliphatic carbocycles. The van der Waals surface area contributed by atoms with E-state index in [1.807, 2.05) is 0 Å². The maximum atomic E-state index is 14.2. The molecular formula is C15H18FNO3. The lowest BCUT2D eigenvalue weighted by Gasteiger charge is -2.35. The van der Waals surface area contributed by atoms with Crippen LogP contribution in [-0.2, 0) is 9.47 Å². The van der Waals surface area contributed by atoms with Gasteiger partial charge in [0, 0.05) is 30.8 Å². The highest BCUT2D eigenvalue weighted by molar-refractivity contribution is 5.68. The Morgan fingerprint density at radius 2 is 2.30 bits per heavy atom. The van der Waals surface area contributed by atoms with E-state index in [9.17, 15) is 4.39 Å². The van der Waals surface area contributed by atoms with Crippen LogP contribution in [0.15, 0.2) is 24.3 Å².